The van der Waals surface area contributed by atoms with Crippen LogP contribution in [0.15, 0.2) is 157 Å². The van der Waals surface area contributed by atoms with Crippen molar-refractivity contribution in [3.8, 4) is 44.5 Å². The van der Waals surface area contributed by atoms with Crippen LogP contribution in [-0.2, 0) is 4.79 Å². The minimum absolute atomic E-state index is 0. The van der Waals surface area contributed by atoms with Crippen LogP contribution < -0.4 is 9.97 Å². The molecule has 0 amide bonds. The Morgan fingerprint density at radius 3 is 0.900 bits per heavy atom. The maximum atomic E-state index is 10.0. The van der Waals surface area contributed by atoms with Gasteiger partial charge in [-0.15, -0.1) is 22.1 Å². The first-order valence-corrected chi connectivity index (χ1v) is 20.0. The summed E-state index contributed by atoms with van der Waals surface area (Å²) in [6.07, 6.45) is 9.57. The summed E-state index contributed by atoms with van der Waals surface area (Å²) in [6, 6.07) is 50.0. The summed E-state index contributed by atoms with van der Waals surface area (Å²) < 4.78 is -0.750. The van der Waals surface area contributed by atoms with Gasteiger partial charge in [-0.25, -0.2) is 9.97 Å². The molecule has 0 saturated heterocycles. The Bertz CT molecular complexity index is 2500. The fourth-order valence-electron chi connectivity index (χ4n) is 6.98. The van der Waals surface area contributed by atoms with Gasteiger partial charge in [-0.05, 0) is 82.7 Å². The van der Waals surface area contributed by atoms with Gasteiger partial charge in [0, 0.05) is 6.08 Å². The SMILES string of the molecule is C1=Cc2nc1c(-c1ccccc1)c1ccc([n-]1)c(-c1ccccc1)c1nc(c(-c3ccccc3)c3ccc([n-]3)c2-c2ccccc2)C=C1.CC(=O)/C=C(/C)O.ClC(Cl)Cl.[Eu+2]. The van der Waals surface area contributed by atoms with Gasteiger partial charge in [0.2, 0.25) is 0 Å². The molecule has 3 aromatic heterocycles. The molecular weight excluding hydrogens is 947 g/mol. The molecule has 9 rings (SSSR count). The van der Waals surface area contributed by atoms with Gasteiger partial charge in [0.15, 0.2) is 10.1 Å². The van der Waals surface area contributed by atoms with Crippen molar-refractivity contribution in [3.63, 3.8) is 0 Å². The second kappa shape index (κ2) is 21.1. The normalized spacial score (nSPS) is 11.5. The average molecular weight is 984 g/mol. The molecule has 2 aliphatic rings. The summed E-state index contributed by atoms with van der Waals surface area (Å²) in [7, 11) is 0. The molecule has 2 aliphatic heterocycles. The van der Waals surface area contributed by atoms with Gasteiger partial charge in [-0.1, -0.05) is 180 Å². The quantitative estimate of drug-likeness (QED) is 0.105. The molecule has 1 N–H and O–H groups in total. The predicted molar refractivity (Wildman–Crippen MR) is 247 cm³/mol. The monoisotopic (exact) mass is 983 g/mol. The van der Waals surface area contributed by atoms with Crippen LogP contribution in [0.5, 0.6) is 0 Å². The van der Waals surface area contributed by atoms with Crippen LogP contribution in [0.1, 0.15) is 36.6 Å². The third kappa shape index (κ3) is 10.9. The van der Waals surface area contributed by atoms with E-state index in [9.17, 15) is 4.79 Å². The number of aromatic nitrogens is 4. The van der Waals surface area contributed by atoms with Crippen molar-refractivity contribution >= 4 is 87.0 Å². The van der Waals surface area contributed by atoms with Crippen LogP contribution in [0.2, 0.25) is 0 Å². The largest absolute Gasteiger partial charge is 2.00 e. The molecule has 0 spiro atoms. The van der Waals surface area contributed by atoms with E-state index in [0.29, 0.717) is 0 Å². The van der Waals surface area contributed by atoms with Gasteiger partial charge < -0.3 is 15.1 Å². The first-order chi connectivity index (χ1) is 28.7. The number of ketones is 1. The van der Waals surface area contributed by atoms with Crippen molar-refractivity contribution < 1.29 is 59.3 Å². The molecule has 4 aromatic carbocycles. The molecule has 0 aliphatic carbocycles. The number of allylic oxidation sites excluding steroid dienone is 2. The fourth-order valence-corrected chi connectivity index (χ4v) is 6.98. The van der Waals surface area contributed by atoms with Crippen LogP contribution in [0, 0.1) is 49.4 Å². The van der Waals surface area contributed by atoms with E-state index >= 15 is 0 Å². The number of benzene rings is 4. The molecule has 0 fully saturated rings. The first kappa shape index (κ1) is 44.7. The zero-order chi connectivity index (χ0) is 41.3. The Hall–Kier alpha value is -4.86. The minimum Gasteiger partial charge on any atom is -0.657 e. The summed E-state index contributed by atoms with van der Waals surface area (Å²) in [5, 5.41) is 8.36. The van der Waals surface area contributed by atoms with Gasteiger partial charge in [0.05, 0.1) is 28.5 Å². The second-order valence-corrected chi connectivity index (χ2v) is 15.4. The number of hydrogen-bond acceptors (Lipinski definition) is 4. The number of hydrogen-bond donors (Lipinski definition) is 1. The van der Waals surface area contributed by atoms with Gasteiger partial charge in [-0.2, -0.15) is 0 Å². The van der Waals surface area contributed by atoms with Crippen molar-refractivity contribution in [1.29, 1.82) is 0 Å². The molecule has 0 saturated carbocycles. The van der Waals surface area contributed by atoms with Crippen LogP contribution in [0.3, 0.4) is 0 Å². The molecule has 60 heavy (non-hydrogen) atoms. The van der Waals surface area contributed by atoms with Gasteiger partial charge in [-0.3, -0.25) is 4.79 Å². The number of carbonyl (C=O) groups excluding carboxylic acids is 1. The van der Waals surface area contributed by atoms with Crippen molar-refractivity contribution in [1.82, 2.24) is 19.9 Å². The molecule has 1 radical (unpaired) electrons. The maximum absolute atomic E-state index is 10.0. The third-order valence-corrected chi connectivity index (χ3v) is 9.27. The van der Waals surface area contributed by atoms with Crippen molar-refractivity contribution in [3.05, 3.63) is 180 Å². The number of fused-ring (bicyclic) bond motifs is 8. The Balaban J connectivity index is 0.000000449. The third-order valence-electron chi connectivity index (χ3n) is 9.27. The molecule has 297 valence electrons. The number of alkyl halides is 3. The van der Waals surface area contributed by atoms with E-state index in [0.717, 1.165) is 89.4 Å². The maximum Gasteiger partial charge on any atom is 2.00 e. The molecule has 0 unspecified atom stereocenters. The summed E-state index contributed by atoms with van der Waals surface area (Å²) in [6.45, 7) is 2.85. The van der Waals surface area contributed by atoms with Crippen molar-refractivity contribution in [2.24, 2.45) is 0 Å². The summed E-state index contributed by atoms with van der Waals surface area (Å²) in [5.74, 6) is -0.0625. The number of nitrogens with zero attached hydrogens (tertiary/aromatic N) is 4. The number of rotatable bonds is 5. The van der Waals surface area contributed by atoms with E-state index in [2.05, 4.69) is 146 Å². The molecule has 10 heteroatoms. The van der Waals surface area contributed by atoms with Gasteiger partial charge in [0.25, 0.3) is 0 Å². The molecule has 7 aromatic rings. The molecule has 8 bridgehead atoms. The number of carbonyl (C=O) groups is 1. The van der Waals surface area contributed by atoms with E-state index < -0.39 is 4.30 Å². The first-order valence-electron chi connectivity index (χ1n) is 18.7. The molecule has 6 nitrogen and oxygen atoms in total. The molecular formula is C50H37Cl3EuN4O2. The predicted octanol–water partition coefficient (Wildman–Crippen LogP) is 13.6. The number of halogens is 3. The van der Waals surface area contributed by atoms with Crippen molar-refractivity contribution in [2.75, 3.05) is 0 Å². The Morgan fingerprint density at radius 1 is 0.483 bits per heavy atom. The molecule has 5 heterocycles. The van der Waals surface area contributed by atoms with Crippen LogP contribution in [0.4, 0.5) is 0 Å². The number of aliphatic hydroxyl groups excluding tert-OH is 1. The van der Waals surface area contributed by atoms with Crippen molar-refractivity contribution in [2.45, 2.75) is 18.1 Å². The van der Waals surface area contributed by atoms with Crippen LogP contribution >= 0.6 is 34.8 Å². The zero-order valence-corrected chi connectivity index (χ0v) is 37.2. The fraction of sp³-hybridized carbons (Fsp3) is 0.0600. The topological polar surface area (TPSA) is 91.3 Å². The second-order valence-electron chi connectivity index (χ2n) is 13.5. The smallest absolute Gasteiger partial charge is 0.657 e. The molecule has 0 atom stereocenters. The summed E-state index contributed by atoms with van der Waals surface area (Å²) >= 11 is 14.4. The van der Waals surface area contributed by atoms with Gasteiger partial charge in [0.1, 0.15) is 0 Å². The average Bonchev–Trinajstić information content (AvgIpc) is 4.07. The van der Waals surface area contributed by atoms with E-state index in [1.165, 1.54) is 19.9 Å². The van der Waals surface area contributed by atoms with Crippen LogP contribution in [-0.4, -0.2) is 25.2 Å². The zero-order valence-electron chi connectivity index (χ0n) is 32.5. The Labute approximate surface area is 404 Å². The minimum atomic E-state index is -0.750. The Morgan fingerprint density at radius 2 is 0.717 bits per heavy atom. The summed E-state index contributed by atoms with van der Waals surface area (Å²) in [5.41, 5.74) is 15.0. The summed E-state index contributed by atoms with van der Waals surface area (Å²) in [4.78, 5) is 31.3. The van der Waals surface area contributed by atoms with Crippen LogP contribution in [0.25, 0.3) is 90.9 Å². The van der Waals surface area contributed by atoms with Gasteiger partial charge >= 0.3 is 49.4 Å². The standard InChI is InChI=1S/C44H28N4.C5H8O2.CHCl3.Eu/c1-5-13-29(14-6-1)41-33-21-23-35(45-33)42(30-15-7-2-8-16-30)37-25-27-39(47-37)44(32-19-11-4-12-20-32)40-28-26-38(48-40)43(31-17-9-3-10-18-31)36-24-22-34(41)46-36;1-4(6)3-5(2)7;2-1(3)4;/h1-28H;3,6H,1-2H3;1H;/q-2;;;+2/b;4-3-;;. The van der Waals surface area contributed by atoms with E-state index in [1.54, 1.807) is 0 Å². The Kier molecular flexibility index (Phi) is 15.7. The van der Waals surface area contributed by atoms with E-state index in [1.807, 2.05) is 24.3 Å². The number of aliphatic hydroxyl groups is 1. The van der Waals surface area contributed by atoms with E-state index in [-0.39, 0.29) is 60.9 Å². The van der Waals surface area contributed by atoms with E-state index in [4.69, 9.17) is 59.8 Å².